The van der Waals surface area contributed by atoms with Crippen LogP contribution in [0.15, 0.2) is 16.1 Å². The quantitative estimate of drug-likeness (QED) is 0.638. The molecule has 7 heteroatoms. The number of rotatable bonds is 1. The van der Waals surface area contributed by atoms with Gasteiger partial charge in [0, 0.05) is 6.20 Å². The molecule has 16 heavy (non-hydrogen) atoms. The fraction of sp³-hybridized carbons (Fsp3) is 0.667. The molecule has 0 aromatic carbocycles. The van der Waals surface area contributed by atoms with E-state index in [2.05, 4.69) is 10.9 Å². The lowest BCUT2D eigenvalue weighted by Gasteiger charge is -2.21. The van der Waals surface area contributed by atoms with Gasteiger partial charge in [0.05, 0.1) is 10.9 Å². The summed E-state index contributed by atoms with van der Waals surface area (Å²) in [5.41, 5.74) is 0. The van der Waals surface area contributed by atoms with E-state index in [1.54, 1.807) is 10.8 Å². The Balaban J connectivity index is 1.80. The molecule has 0 bridgehead atoms. The predicted octanol–water partition coefficient (Wildman–Crippen LogP) is 5.45. The highest BCUT2D eigenvalue weighted by Gasteiger charge is 2.21. The Hall–Kier alpha value is 0.960. The van der Waals surface area contributed by atoms with Gasteiger partial charge in [0.15, 0.2) is 0 Å². The summed E-state index contributed by atoms with van der Waals surface area (Å²) in [6.45, 7) is 0. The van der Waals surface area contributed by atoms with Crippen LogP contribution in [0.4, 0.5) is 0 Å². The molecule has 1 aliphatic carbocycles. The third kappa shape index (κ3) is 2.68. The van der Waals surface area contributed by atoms with E-state index >= 15 is 0 Å². The van der Waals surface area contributed by atoms with E-state index in [-0.39, 0.29) is 0 Å². The van der Waals surface area contributed by atoms with E-state index in [1.807, 2.05) is 40.3 Å². The first-order valence-electron chi connectivity index (χ1n) is 5.37. The lowest BCUT2D eigenvalue weighted by molar-refractivity contribution is 0.326. The highest BCUT2D eigenvalue weighted by Crippen LogP contribution is 2.58. The second-order valence-corrected chi connectivity index (χ2v) is 11.4. The van der Waals surface area contributed by atoms with Crippen molar-refractivity contribution in [1.82, 2.24) is 9.78 Å². The van der Waals surface area contributed by atoms with Gasteiger partial charge in [0.2, 0.25) is 0 Å². The van der Waals surface area contributed by atoms with Crippen LogP contribution in [0.1, 0.15) is 38.1 Å². The van der Waals surface area contributed by atoms with Crippen LogP contribution < -0.4 is 0 Å². The molecular formula is C9H12N2S5. The topological polar surface area (TPSA) is 17.8 Å². The summed E-state index contributed by atoms with van der Waals surface area (Å²) in [5, 5.41) is 5.95. The molecule has 88 valence electrons. The van der Waals surface area contributed by atoms with Crippen molar-refractivity contribution < 1.29 is 0 Å². The lowest BCUT2D eigenvalue weighted by Crippen LogP contribution is -2.13. The number of hydrogen-bond acceptors (Lipinski definition) is 6. The molecule has 1 aromatic rings. The van der Waals surface area contributed by atoms with Crippen molar-refractivity contribution in [2.45, 2.75) is 48.1 Å². The second-order valence-electron chi connectivity index (χ2n) is 3.94. The van der Waals surface area contributed by atoms with E-state index < -0.39 is 0 Å². The van der Waals surface area contributed by atoms with Gasteiger partial charge in [-0.15, -0.1) is 0 Å². The number of aromatic nitrogens is 2. The van der Waals surface area contributed by atoms with Gasteiger partial charge in [0.1, 0.15) is 5.03 Å². The minimum Gasteiger partial charge on any atom is -0.267 e. The Morgan fingerprint density at radius 1 is 1.06 bits per heavy atom. The van der Waals surface area contributed by atoms with E-state index in [9.17, 15) is 0 Å². The SMILES string of the molecule is c1c2c(nn1C1CCCCC1)SSSSS2. The molecule has 0 atom stereocenters. The Morgan fingerprint density at radius 3 is 2.75 bits per heavy atom. The summed E-state index contributed by atoms with van der Waals surface area (Å²) >= 11 is 0. The average molecular weight is 309 g/mol. The molecule has 2 heterocycles. The van der Waals surface area contributed by atoms with Gasteiger partial charge in [-0.3, -0.25) is 4.68 Å². The van der Waals surface area contributed by atoms with Gasteiger partial charge in [-0.25, -0.2) is 0 Å². The van der Waals surface area contributed by atoms with E-state index in [1.165, 1.54) is 42.0 Å². The zero-order valence-electron chi connectivity index (χ0n) is 8.63. The Labute approximate surface area is 114 Å². The van der Waals surface area contributed by atoms with Crippen molar-refractivity contribution in [2.24, 2.45) is 0 Å². The van der Waals surface area contributed by atoms with Gasteiger partial charge in [-0.05, 0) is 63.9 Å². The smallest absolute Gasteiger partial charge is 0.144 e. The van der Waals surface area contributed by atoms with Crippen molar-refractivity contribution in [1.29, 1.82) is 0 Å². The summed E-state index contributed by atoms with van der Waals surface area (Å²) in [6.07, 6.45) is 9.02. The molecule has 1 aromatic heterocycles. The molecule has 0 amide bonds. The van der Waals surface area contributed by atoms with Crippen molar-refractivity contribution >= 4 is 51.1 Å². The Morgan fingerprint density at radius 2 is 1.88 bits per heavy atom. The summed E-state index contributed by atoms with van der Waals surface area (Å²) in [5.74, 6) is 0. The Kier molecular flexibility index (Phi) is 4.31. The largest absolute Gasteiger partial charge is 0.267 e. The molecule has 1 aliphatic heterocycles. The molecule has 1 saturated carbocycles. The maximum atomic E-state index is 4.75. The van der Waals surface area contributed by atoms with Crippen LogP contribution in [0, 0.1) is 0 Å². The van der Waals surface area contributed by atoms with Gasteiger partial charge in [0.25, 0.3) is 0 Å². The number of hydrogen-bond donors (Lipinski definition) is 0. The maximum absolute atomic E-state index is 4.75. The van der Waals surface area contributed by atoms with Gasteiger partial charge in [-0.1, -0.05) is 19.3 Å². The van der Waals surface area contributed by atoms with Crippen molar-refractivity contribution in [2.75, 3.05) is 0 Å². The monoisotopic (exact) mass is 308 g/mol. The van der Waals surface area contributed by atoms with Crippen LogP contribution in [0.5, 0.6) is 0 Å². The molecule has 0 N–H and O–H groups in total. The summed E-state index contributed by atoms with van der Waals surface area (Å²) < 4.78 is 2.22. The molecule has 0 unspecified atom stereocenters. The lowest BCUT2D eigenvalue weighted by atomic mass is 9.96. The molecule has 3 rings (SSSR count). The summed E-state index contributed by atoms with van der Waals surface area (Å²) in [4.78, 5) is 1.35. The third-order valence-corrected chi connectivity index (χ3v) is 11.2. The summed E-state index contributed by atoms with van der Waals surface area (Å²) in [6, 6.07) is 0.657. The van der Waals surface area contributed by atoms with Gasteiger partial charge >= 0.3 is 0 Å². The van der Waals surface area contributed by atoms with Gasteiger partial charge < -0.3 is 0 Å². The molecule has 2 aliphatic rings. The number of fused-ring (bicyclic) bond motifs is 1. The van der Waals surface area contributed by atoms with Crippen molar-refractivity contribution in [3.63, 3.8) is 0 Å². The van der Waals surface area contributed by atoms with E-state index in [0.29, 0.717) is 6.04 Å². The zero-order chi connectivity index (χ0) is 10.8. The minimum atomic E-state index is 0.657. The first-order chi connectivity index (χ1) is 7.93. The fourth-order valence-corrected chi connectivity index (χ4v) is 10.7. The molecule has 1 fully saturated rings. The standard InChI is InChI=1S/C9H12N2S5/c1-2-4-7(5-3-1)11-6-8-9(10-11)13-15-16-14-12-8/h6-7H,1-5H2. The van der Waals surface area contributed by atoms with Crippen LogP contribution in [0.25, 0.3) is 0 Å². The first kappa shape index (κ1) is 12.0. The normalized spacial score (nSPS) is 22.8. The van der Waals surface area contributed by atoms with Crippen LogP contribution >= 0.6 is 51.1 Å². The third-order valence-electron chi connectivity index (χ3n) is 2.91. The molecule has 0 spiro atoms. The van der Waals surface area contributed by atoms with Gasteiger partial charge in [-0.2, -0.15) is 5.10 Å². The van der Waals surface area contributed by atoms with Crippen LogP contribution in [-0.2, 0) is 0 Å². The van der Waals surface area contributed by atoms with Crippen molar-refractivity contribution in [3.05, 3.63) is 6.20 Å². The van der Waals surface area contributed by atoms with Crippen LogP contribution in [0.3, 0.4) is 0 Å². The van der Waals surface area contributed by atoms with Crippen LogP contribution in [0.2, 0.25) is 0 Å². The van der Waals surface area contributed by atoms with Crippen LogP contribution in [-0.4, -0.2) is 9.78 Å². The Bertz CT molecular complexity index is 337. The first-order valence-corrected chi connectivity index (χ1v) is 11.5. The molecule has 0 saturated heterocycles. The summed E-state index contributed by atoms with van der Waals surface area (Å²) in [7, 11) is 9.14. The average Bonchev–Trinajstić information content (AvgIpc) is 2.62. The molecule has 0 radical (unpaired) electrons. The molecule has 2 nitrogen and oxygen atoms in total. The predicted molar refractivity (Wildman–Crippen MR) is 78.8 cm³/mol. The fourth-order valence-electron chi connectivity index (χ4n) is 2.11. The highest BCUT2D eigenvalue weighted by atomic mass is 33.8. The highest BCUT2D eigenvalue weighted by molar-refractivity contribution is 9.36. The second kappa shape index (κ2) is 5.73. The minimum absolute atomic E-state index is 0.657. The maximum Gasteiger partial charge on any atom is 0.144 e. The number of nitrogens with zero attached hydrogens (tertiary/aromatic N) is 2. The zero-order valence-corrected chi connectivity index (χ0v) is 12.7. The van der Waals surface area contributed by atoms with Crippen molar-refractivity contribution in [3.8, 4) is 0 Å². The van der Waals surface area contributed by atoms with E-state index in [0.717, 1.165) is 0 Å². The van der Waals surface area contributed by atoms with E-state index in [4.69, 9.17) is 5.10 Å². The molecular weight excluding hydrogens is 296 g/mol.